The van der Waals surface area contributed by atoms with E-state index in [1.165, 1.54) is 23.4 Å². The molecule has 0 spiro atoms. The van der Waals surface area contributed by atoms with E-state index in [0.717, 1.165) is 19.5 Å². The fraction of sp³-hybridized carbons (Fsp3) is 0.421. The molecule has 2 aromatic carbocycles. The Labute approximate surface area is 137 Å². The van der Waals surface area contributed by atoms with Crippen molar-refractivity contribution in [2.45, 2.75) is 6.42 Å². The normalized spacial score (nSPS) is 19.4. The molecule has 0 saturated carbocycles. The number of carbonyl (C=O) groups is 1. The molecule has 0 radical (unpaired) electrons. The second kappa shape index (κ2) is 7.57. The molecule has 0 N–H and O–H groups in total. The standard InChI is InChI=1S/C19H23NO3/c1-22-19(21)17-13-20(11-12-23-14-17)10-9-16-7-4-6-15-5-2-3-8-18(15)16/h2-8,17H,9-14H2,1H3. The lowest BCUT2D eigenvalue weighted by atomic mass is 10.0. The van der Waals surface area contributed by atoms with E-state index in [9.17, 15) is 4.79 Å². The molecule has 1 aliphatic heterocycles. The molecule has 1 fully saturated rings. The van der Waals surface area contributed by atoms with Gasteiger partial charge in [0.25, 0.3) is 0 Å². The highest BCUT2D eigenvalue weighted by Gasteiger charge is 2.25. The van der Waals surface area contributed by atoms with Gasteiger partial charge in [0, 0.05) is 19.6 Å². The highest BCUT2D eigenvalue weighted by Crippen LogP contribution is 2.19. The lowest BCUT2D eigenvalue weighted by molar-refractivity contribution is -0.147. The first-order valence-corrected chi connectivity index (χ1v) is 8.12. The van der Waals surface area contributed by atoms with E-state index >= 15 is 0 Å². The van der Waals surface area contributed by atoms with Gasteiger partial charge in [0.1, 0.15) is 0 Å². The van der Waals surface area contributed by atoms with Gasteiger partial charge in [-0.05, 0) is 22.8 Å². The second-order valence-electron chi connectivity index (χ2n) is 5.98. The van der Waals surface area contributed by atoms with E-state index < -0.39 is 0 Å². The Balaban J connectivity index is 1.67. The summed E-state index contributed by atoms with van der Waals surface area (Å²) in [5.74, 6) is -0.364. The topological polar surface area (TPSA) is 38.8 Å². The zero-order valence-corrected chi connectivity index (χ0v) is 13.5. The lowest BCUT2D eigenvalue weighted by Gasteiger charge is -2.22. The first-order valence-electron chi connectivity index (χ1n) is 8.12. The minimum atomic E-state index is -0.185. The van der Waals surface area contributed by atoms with Gasteiger partial charge >= 0.3 is 5.97 Å². The molecule has 1 aliphatic rings. The van der Waals surface area contributed by atoms with Crippen molar-refractivity contribution >= 4 is 16.7 Å². The van der Waals surface area contributed by atoms with Gasteiger partial charge in [0.05, 0.1) is 26.2 Å². The van der Waals surface area contributed by atoms with Crippen molar-refractivity contribution in [3.63, 3.8) is 0 Å². The monoisotopic (exact) mass is 313 g/mol. The van der Waals surface area contributed by atoms with Gasteiger partial charge in [-0.25, -0.2) is 0 Å². The van der Waals surface area contributed by atoms with Crippen LogP contribution in [0.2, 0.25) is 0 Å². The summed E-state index contributed by atoms with van der Waals surface area (Å²) >= 11 is 0. The molecule has 1 heterocycles. The van der Waals surface area contributed by atoms with Crippen molar-refractivity contribution in [1.82, 2.24) is 4.90 Å². The van der Waals surface area contributed by atoms with Gasteiger partial charge < -0.3 is 9.47 Å². The molecule has 4 heteroatoms. The largest absolute Gasteiger partial charge is 0.469 e. The summed E-state index contributed by atoms with van der Waals surface area (Å²) < 4.78 is 10.4. The summed E-state index contributed by atoms with van der Waals surface area (Å²) in [4.78, 5) is 14.1. The van der Waals surface area contributed by atoms with Crippen LogP contribution in [0, 0.1) is 5.92 Å². The zero-order valence-electron chi connectivity index (χ0n) is 13.5. The molecule has 0 bridgehead atoms. The van der Waals surface area contributed by atoms with Crippen LogP contribution in [-0.2, 0) is 20.7 Å². The number of nitrogens with zero attached hydrogens (tertiary/aromatic N) is 1. The Hall–Kier alpha value is -1.91. The van der Waals surface area contributed by atoms with Gasteiger partial charge in [-0.15, -0.1) is 0 Å². The zero-order chi connectivity index (χ0) is 16.1. The molecular formula is C19H23NO3. The predicted molar refractivity (Wildman–Crippen MR) is 90.4 cm³/mol. The van der Waals surface area contributed by atoms with E-state index in [2.05, 4.69) is 47.4 Å². The van der Waals surface area contributed by atoms with Crippen molar-refractivity contribution < 1.29 is 14.3 Å². The summed E-state index contributed by atoms with van der Waals surface area (Å²) in [5, 5.41) is 2.59. The maximum Gasteiger partial charge on any atom is 0.312 e. The van der Waals surface area contributed by atoms with Crippen molar-refractivity contribution in [2.24, 2.45) is 5.92 Å². The van der Waals surface area contributed by atoms with Crippen LogP contribution in [0.15, 0.2) is 42.5 Å². The molecule has 23 heavy (non-hydrogen) atoms. The average Bonchev–Trinajstić information content (AvgIpc) is 2.85. The molecule has 2 aromatic rings. The summed E-state index contributed by atoms with van der Waals surface area (Å²) in [6.45, 7) is 3.61. The Kier molecular flexibility index (Phi) is 5.26. The van der Waals surface area contributed by atoms with Gasteiger partial charge in [-0.1, -0.05) is 42.5 Å². The Morgan fingerprint density at radius 1 is 1.26 bits per heavy atom. The van der Waals surface area contributed by atoms with E-state index in [1.54, 1.807) is 0 Å². The van der Waals surface area contributed by atoms with Gasteiger partial charge in [0.2, 0.25) is 0 Å². The number of ether oxygens (including phenoxy) is 2. The van der Waals surface area contributed by atoms with Gasteiger partial charge in [-0.2, -0.15) is 0 Å². The molecule has 0 aliphatic carbocycles. The van der Waals surface area contributed by atoms with E-state index in [4.69, 9.17) is 9.47 Å². The average molecular weight is 313 g/mol. The van der Waals surface area contributed by atoms with Crippen LogP contribution in [0.5, 0.6) is 0 Å². The number of methoxy groups -OCH3 is 1. The highest BCUT2D eigenvalue weighted by atomic mass is 16.5. The fourth-order valence-corrected chi connectivity index (χ4v) is 3.18. The quantitative estimate of drug-likeness (QED) is 0.813. The van der Waals surface area contributed by atoms with Gasteiger partial charge in [-0.3, -0.25) is 9.69 Å². The maximum atomic E-state index is 11.8. The molecule has 0 aromatic heterocycles. The number of benzene rings is 2. The SMILES string of the molecule is COC(=O)C1COCCN(CCc2cccc3ccccc23)C1. The summed E-state index contributed by atoms with van der Waals surface area (Å²) in [7, 11) is 1.44. The van der Waals surface area contributed by atoms with Crippen molar-refractivity contribution in [2.75, 3.05) is 40.0 Å². The Bertz CT molecular complexity index is 665. The van der Waals surface area contributed by atoms with Crippen LogP contribution in [-0.4, -0.2) is 50.8 Å². The summed E-state index contributed by atoms with van der Waals surface area (Å²) in [6, 6.07) is 14.9. The Morgan fingerprint density at radius 2 is 2.09 bits per heavy atom. The van der Waals surface area contributed by atoms with Crippen molar-refractivity contribution in [3.8, 4) is 0 Å². The second-order valence-corrected chi connectivity index (χ2v) is 5.98. The molecule has 122 valence electrons. The smallest absolute Gasteiger partial charge is 0.312 e. The van der Waals surface area contributed by atoms with Crippen LogP contribution in [0.3, 0.4) is 0 Å². The number of rotatable bonds is 4. The number of fused-ring (bicyclic) bond motifs is 1. The number of carbonyl (C=O) groups excluding carboxylic acids is 1. The van der Waals surface area contributed by atoms with Crippen LogP contribution in [0.25, 0.3) is 10.8 Å². The number of hydrogen-bond acceptors (Lipinski definition) is 4. The van der Waals surface area contributed by atoms with Crippen molar-refractivity contribution in [3.05, 3.63) is 48.0 Å². The number of esters is 1. The molecule has 1 unspecified atom stereocenters. The predicted octanol–water partition coefficient (Wildman–Crippen LogP) is 2.50. The lowest BCUT2D eigenvalue weighted by Crippen LogP contribution is -2.35. The maximum absolute atomic E-state index is 11.8. The van der Waals surface area contributed by atoms with E-state index in [0.29, 0.717) is 19.8 Å². The van der Waals surface area contributed by atoms with Crippen LogP contribution < -0.4 is 0 Å². The van der Waals surface area contributed by atoms with Crippen molar-refractivity contribution in [1.29, 1.82) is 0 Å². The first-order chi connectivity index (χ1) is 11.3. The third-order valence-electron chi connectivity index (χ3n) is 4.46. The van der Waals surface area contributed by atoms with Crippen LogP contribution in [0.1, 0.15) is 5.56 Å². The Morgan fingerprint density at radius 3 is 2.96 bits per heavy atom. The van der Waals surface area contributed by atoms with E-state index in [-0.39, 0.29) is 11.9 Å². The third kappa shape index (κ3) is 3.89. The molecule has 3 rings (SSSR count). The minimum absolute atomic E-state index is 0.179. The molecule has 1 saturated heterocycles. The molecule has 1 atom stereocenters. The van der Waals surface area contributed by atoms with Crippen LogP contribution >= 0.6 is 0 Å². The summed E-state index contributed by atoms with van der Waals surface area (Å²) in [6.07, 6.45) is 0.968. The highest BCUT2D eigenvalue weighted by molar-refractivity contribution is 5.85. The van der Waals surface area contributed by atoms with Gasteiger partial charge in [0.15, 0.2) is 0 Å². The third-order valence-corrected chi connectivity index (χ3v) is 4.46. The molecule has 0 amide bonds. The fourth-order valence-electron chi connectivity index (χ4n) is 3.18. The van der Waals surface area contributed by atoms with Crippen LogP contribution in [0.4, 0.5) is 0 Å². The first kappa shape index (κ1) is 16.0. The number of hydrogen-bond donors (Lipinski definition) is 0. The van der Waals surface area contributed by atoms with E-state index in [1.807, 2.05) is 0 Å². The summed E-state index contributed by atoms with van der Waals surface area (Å²) in [5.41, 5.74) is 1.35. The minimum Gasteiger partial charge on any atom is -0.469 e. The molecule has 4 nitrogen and oxygen atoms in total. The molecular weight excluding hydrogens is 290 g/mol.